The van der Waals surface area contributed by atoms with Gasteiger partial charge in [-0.3, -0.25) is 4.79 Å². The van der Waals surface area contributed by atoms with Gasteiger partial charge < -0.3 is 10.1 Å². The van der Waals surface area contributed by atoms with Gasteiger partial charge in [0.1, 0.15) is 12.4 Å². The molecule has 0 saturated carbocycles. The fourth-order valence-electron chi connectivity index (χ4n) is 1.86. The zero-order chi connectivity index (χ0) is 15.9. The van der Waals surface area contributed by atoms with E-state index >= 15 is 0 Å². The molecule has 2 rings (SSSR count). The van der Waals surface area contributed by atoms with E-state index in [0.29, 0.717) is 27.8 Å². The van der Waals surface area contributed by atoms with Crippen LogP contribution >= 0.6 is 23.2 Å². The molecule has 0 aliphatic carbocycles. The summed E-state index contributed by atoms with van der Waals surface area (Å²) < 4.78 is 18.1. The van der Waals surface area contributed by atoms with Crippen molar-refractivity contribution >= 4 is 34.9 Å². The molecular formula is C16H14Cl2FNO2. The van der Waals surface area contributed by atoms with Crippen LogP contribution in [-0.2, 0) is 16.0 Å². The molecule has 0 radical (unpaired) electrons. The fraction of sp³-hybridized carbons (Fsp3) is 0.188. The molecule has 0 unspecified atom stereocenters. The Morgan fingerprint density at radius 1 is 1.14 bits per heavy atom. The van der Waals surface area contributed by atoms with Crippen LogP contribution in [0.25, 0.3) is 0 Å². The summed E-state index contributed by atoms with van der Waals surface area (Å²) in [6.45, 7) is 0.545. The second-order valence-electron chi connectivity index (χ2n) is 4.53. The highest BCUT2D eigenvalue weighted by molar-refractivity contribution is 6.36. The Labute approximate surface area is 138 Å². The fourth-order valence-corrected chi connectivity index (χ4v) is 2.39. The van der Waals surface area contributed by atoms with Crippen molar-refractivity contribution in [2.24, 2.45) is 0 Å². The van der Waals surface area contributed by atoms with Crippen molar-refractivity contribution in [1.29, 1.82) is 0 Å². The van der Waals surface area contributed by atoms with Crippen LogP contribution in [0.15, 0.2) is 42.5 Å². The summed E-state index contributed by atoms with van der Waals surface area (Å²) in [4.78, 5) is 11.8. The van der Waals surface area contributed by atoms with E-state index in [1.807, 2.05) is 0 Å². The number of ether oxygens (including phenoxy) is 1. The van der Waals surface area contributed by atoms with E-state index in [9.17, 15) is 9.18 Å². The number of nitrogens with one attached hydrogen (secondary N) is 1. The largest absolute Gasteiger partial charge is 0.464 e. The van der Waals surface area contributed by atoms with Gasteiger partial charge >= 0.3 is 5.97 Å². The Kier molecular flexibility index (Phi) is 6.04. The summed E-state index contributed by atoms with van der Waals surface area (Å²) in [7, 11) is 0. The summed E-state index contributed by atoms with van der Waals surface area (Å²) in [5.74, 6) is -0.744. The third-order valence-electron chi connectivity index (χ3n) is 2.90. The molecule has 0 bridgehead atoms. The van der Waals surface area contributed by atoms with E-state index in [4.69, 9.17) is 27.9 Å². The summed E-state index contributed by atoms with van der Waals surface area (Å²) in [6, 6.07) is 11.1. The first-order valence-corrected chi connectivity index (χ1v) is 7.40. The quantitative estimate of drug-likeness (QED) is 0.627. The molecule has 1 N–H and O–H groups in total. The van der Waals surface area contributed by atoms with E-state index in [1.54, 1.807) is 30.3 Å². The molecular weight excluding hydrogens is 328 g/mol. The van der Waals surface area contributed by atoms with Gasteiger partial charge in [-0.15, -0.1) is 0 Å². The van der Waals surface area contributed by atoms with Gasteiger partial charge in [-0.05, 0) is 30.3 Å². The number of anilines is 1. The van der Waals surface area contributed by atoms with Crippen molar-refractivity contribution in [3.05, 3.63) is 63.9 Å². The highest BCUT2D eigenvalue weighted by Gasteiger charge is 2.11. The minimum atomic E-state index is -0.420. The first-order chi connectivity index (χ1) is 10.6. The molecule has 0 atom stereocenters. The van der Waals surface area contributed by atoms with Gasteiger partial charge in [-0.2, -0.15) is 0 Å². The molecule has 0 aliphatic rings. The number of hydrogen-bond donors (Lipinski definition) is 1. The zero-order valence-electron chi connectivity index (χ0n) is 11.6. The van der Waals surface area contributed by atoms with Crippen LogP contribution in [0.2, 0.25) is 10.0 Å². The van der Waals surface area contributed by atoms with Crippen molar-refractivity contribution in [2.75, 3.05) is 18.5 Å². The van der Waals surface area contributed by atoms with E-state index in [0.717, 1.165) is 0 Å². The van der Waals surface area contributed by atoms with E-state index in [1.165, 1.54) is 12.1 Å². The molecule has 0 fully saturated rings. The molecule has 2 aromatic rings. The summed E-state index contributed by atoms with van der Waals surface area (Å²) >= 11 is 12.0. The number of carbonyl (C=O) groups is 1. The molecule has 0 amide bonds. The standard InChI is InChI=1S/C16H14Cl2FNO2/c17-14-5-2-6-15(18)13(14)10-16(21)22-8-7-20-12-4-1-3-11(19)9-12/h1-6,9,20H,7-8,10H2. The minimum absolute atomic E-state index is 0.0124. The van der Waals surface area contributed by atoms with Gasteiger partial charge in [0.15, 0.2) is 0 Å². The van der Waals surface area contributed by atoms with Crippen molar-refractivity contribution in [1.82, 2.24) is 0 Å². The second kappa shape index (κ2) is 8.01. The predicted octanol–water partition coefficient (Wildman–Crippen LogP) is 4.33. The first kappa shape index (κ1) is 16.6. The van der Waals surface area contributed by atoms with Gasteiger partial charge in [0.2, 0.25) is 0 Å². The Balaban J connectivity index is 1.76. The molecule has 22 heavy (non-hydrogen) atoms. The van der Waals surface area contributed by atoms with Crippen LogP contribution in [0.4, 0.5) is 10.1 Å². The van der Waals surface area contributed by atoms with Crippen LogP contribution in [-0.4, -0.2) is 19.1 Å². The van der Waals surface area contributed by atoms with E-state index in [2.05, 4.69) is 5.32 Å². The molecule has 0 heterocycles. The monoisotopic (exact) mass is 341 g/mol. The van der Waals surface area contributed by atoms with Gasteiger partial charge in [-0.25, -0.2) is 4.39 Å². The Bertz CT molecular complexity index is 644. The Morgan fingerprint density at radius 2 is 1.82 bits per heavy atom. The van der Waals surface area contributed by atoms with Gasteiger partial charge in [0.25, 0.3) is 0 Å². The maximum atomic E-state index is 13.0. The molecule has 0 aromatic heterocycles. The Morgan fingerprint density at radius 3 is 2.50 bits per heavy atom. The summed E-state index contributed by atoms with van der Waals surface area (Å²) in [5, 5.41) is 3.82. The third-order valence-corrected chi connectivity index (χ3v) is 3.61. The van der Waals surface area contributed by atoms with E-state index < -0.39 is 5.97 Å². The average molecular weight is 342 g/mol. The number of halogens is 3. The van der Waals surface area contributed by atoms with Crippen LogP contribution in [0, 0.1) is 5.82 Å². The van der Waals surface area contributed by atoms with Crippen LogP contribution < -0.4 is 5.32 Å². The van der Waals surface area contributed by atoms with Crippen molar-refractivity contribution in [2.45, 2.75) is 6.42 Å². The maximum Gasteiger partial charge on any atom is 0.310 e. The smallest absolute Gasteiger partial charge is 0.310 e. The van der Waals surface area contributed by atoms with Crippen molar-refractivity contribution in [3.8, 4) is 0 Å². The maximum absolute atomic E-state index is 13.0. The van der Waals surface area contributed by atoms with Gasteiger partial charge in [0, 0.05) is 27.8 Å². The highest BCUT2D eigenvalue weighted by atomic mass is 35.5. The lowest BCUT2D eigenvalue weighted by atomic mass is 10.1. The normalized spacial score (nSPS) is 10.3. The summed E-state index contributed by atoms with van der Waals surface area (Å²) in [5.41, 5.74) is 1.18. The zero-order valence-corrected chi connectivity index (χ0v) is 13.1. The van der Waals surface area contributed by atoms with E-state index in [-0.39, 0.29) is 18.8 Å². The number of hydrogen-bond acceptors (Lipinski definition) is 3. The predicted molar refractivity (Wildman–Crippen MR) is 86.0 cm³/mol. The van der Waals surface area contributed by atoms with Crippen LogP contribution in [0.1, 0.15) is 5.56 Å². The second-order valence-corrected chi connectivity index (χ2v) is 5.35. The number of benzene rings is 2. The minimum Gasteiger partial charge on any atom is -0.464 e. The van der Waals surface area contributed by atoms with Gasteiger partial charge in [-0.1, -0.05) is 35.3 Å². The molecule has 0 aliphatic heterocycles. The SMILES string of the molecule is O=C(Cc1c(Cl)cccc1Cl)OCCNc1cccc(F)c1. The van der Waals surface area contributed by atoms with Crippen LogP contribution in [0.3, 0.4) is 0 Å². The number of esters is 1. The molecule has 116 valence electrons. The lowest BCUT2D eigenvalue weighted by Gasteiger charge is -2.09. The average Bonchev–Trinajstić information content (AvgIpc) is 2.48. The van der Waals surface area contributed by atoms with Crippen molar-refractivity contribution in [3.63, 3.8) is 0 Å². The third kappa shape index (κ3) is 4.90. The number of rotatable bonds is 6. The highest BCUT2D eigenvalue weighted by Crippen LogP contribution is 2.24. The first-order valence-electron chi connectivity index (χ1n) is 6.64. The lowest BCUT2D eigenvalue weighted by Crippen LogP contribution is -2.15. The molecule has 0 saturated heterocycles. The molecule has 6 heteroatoms. The molecule has 3 nitrogen and oxygen atoms in total. The van der Waals surface area contributed by atoms with Crippen molar-refractivity contribution < 1.29 is 13.9 Å². The molecule has 0 spiro atoms. The van der Waals surface area contributed by atoms with Crippen LogP contribution in [0.5, 0.6) is 0 Å². The number of carbonyl (C=O) groups excluding carboxylic acids is 1. The summed E-state index contributed by atoms with van der Waals surface area (Å²) in [6.07, 6.45) is 0.0124. The lowest BCUT2D eigenvalue weighted by molar-refractivity contribution is -0.142. The van der Waals surface area contributed by atoms with Gasteiger partial charge in [0.05, 0.1) is 6.42 Å². The molecule has 2 aromatic carbocycles. The topological polar surface area (TPSA) is 38.3 Å². The Hall–Kier alpha value is -1.78.